The van der Waals surface area contributed by atoms with E-state index in [-0.39, 0.29) is 30.4 Å². The molecule has 0 amide bonds. The number of hydrogen-bond acceptors (Lipinski definition) is 9. The molecule has 0 fully saturated rings. The van der Waals surface area contributed by atoms with E-state index in [2.05, 4.69) is 0 Å². The molecule has 0 radical (unpaired) electrons. The van der Waals surface area contributed by atoms with Crippen LogP contribution in [0, 0.1) is 5.92 Å². The Kier molecular flexibility index (Phi) is 13.7. The zero-order chi connectivity index (χ0) is 28.1. The van der Waals surface area contributed by atoms with E-state index in [1.54, 1.807) is 26.8 Å². The van der Waals surface area contributed by atoms with Crippen molar-refractivity contribution in [3.8, 4) is 11.5 Å². The number of carboxylic acid groups (broad SMARTS) is 1. The van der Waals surface area contributed by atoms with Gasteiger partial charge < -0.3 is 29.8 Å². The Labute approximate surface area is 218 Å². The third kappa shape index (κ3) is 10.4. The first-order valence-electron chi connectivity index (χ1n) is 12.9. The summed E-state index contributed by atoms with van der Waals surface area (Å²) in [6, 6.07) is 3.08. The van der Waals surface area contributed by atoms with Crippen LogP contribution in [-0.2, 0) is 23.9 Å². The zero-order valence-electron chi connectivity index (χ0n) is 22.7. The lowest BCUT2D eigenvalue weighted by atomic mass is 9.79. The van der Waals surface area contributed by atoms with Crippen molar-refractivity contribution in [1.82, 2.24) is 0 Å². The first kappa shape index (κ1) is 31.9. The van der Waals surface area contributed by atoms with Crippen LogP contribution in [0.4, 0.5) is 4.79 Å². The van der Waals surface area contributed by atoms with E-state index in [4.69, 9.17) is 24.7 Å². The van der Waals surface area contributed by atoms with Gasteiger partial charge in [0.1, 0.15) is 18.2 Å². The lowest BCUT2D eigenvalue weighted by molar-refractivity contribution is -0.140. The lowest BCUT2D eigenvalue weighted by Crippen LogP contribution is -2.42. The van der Waals surface area contributed by atoms with Gasteiger partial charge in [0.25, 0.3) is 0 Å². The van der Waals surface area contributed by atoms with Gasteiger partial charge >= 0.3 is 24.1 Å². The summed E-state index contributed by atoms with van der Waals surface area (Å²) in [6.45, 7) is 10.7. The molecule has 208 valence electrons. The van der Waals surface area contributed by atoms with Crippen molar-refractivity contribution < 1.29 is 43.2 Å². The van der Waals surface area contributed by atoms with Crippen LogP contribution >= 0.6 is 0 Å². The Bertz CT molecular complexity index is 917. The molecule has 0 aliphatic carbocycles. The molecule has 0 spiro atoms. The van der Waals surface area contributed by atoms with Crippen molar-refractivity contribution in [3.63, 3.8) is 0 Å². The summed E-state index contributed by atoms with van der Waals surface area (Å²) >= 11 is 0. The van der Waals surface area contributed by atoms with E-state index in [0.717, 1.165) is 6.42 Å². The van der Waals surface area contributed by atoms with Crippen LogP contribution in [0.1, 0.15) is 91.5 Å². The largest absolute Gasteiger partial charge is 0.508 e. The van der Waals surface area contributed by atoms with Crippen LogP contribution in [0.25, 0.3) is 0 Å². The number of aliphatic carboxylic acids is 1. The van der Waals surface area contributed by atoms with E-state index in [1.165, 1.54) is 12.1 Å². The van der Waals surface area contributed by atoms with Gasteiger partial charge in [-0.25, -0.2) is 4.79 Å². The lowest BCUT2D eigenvalue weighted by Gasteiger charge is -2.31. The Morgan fingerprint density at radius 3 is 1.95 bits per heavy atom. The monoisotopic (exact) mass is 523 g/mol. The number of rotatable bonds is 15. The number of nitrogens with two attached hydrogens (primary N) is 1. The molecular weight excluding hydrogens is 482 g/mol. The summed E-state index contributed by atoms with van der Waals surface area (Å²) in [6.07, 6.45) is 1.03. The van der Waals surface area contributed by atoms with Crippen molar-refractivity contribution in [2.24, 2.45) is 11.7 Å². The second kappa shape index (κ2) is 15.9. The number of benzene rings is 1. The van der Waals surface area contributed by atoms with Gasteiger partial charge in [-0.3, -0.25) is 14.4 Å². The van der Waals surface area contributed by atoms with Crippen LogP contribution in [-0.4, -0.2) is 47.4 Å². The highest BCUT2D eigenvalue weighted by Crippen LogP contribution is 2.37. The average Bonchev–Trinajstić information content (AvgIpc) is 2.80. The summed E-state index contributed by atoms with van der Waals surface area (Å²) in [5.74, 6) is -3.68. The highest BCUT2D eigenvalue weighted by molar-refractivity contribution is 5.77. The fourth-order valence-corrected chi connectivity index (χ4v) is 3.85. The molecule has 10 nitrogen and oxygen atoms in total. The van der Waals surface area contributed by atoms with Crippen molar-refractivity contribution in [1.29, 1.82) is 0 Å². The molecule has 0 saturated heterocycles. The van der Waals surface area contributed by atoms with Gasteiger partial charge in [0, 0.05) is 24.7 Å². The maximum atomic E-state index is 12.2. The molecule has 1 aromatic rings. The summed E-state index contributed by atoms with van der Waals surface area (Å²) in [4.78, 5) is 48.5. The minimum absolute atomic E-state index is 0.0171. The number of esters is 2. The number of hydrogen-bond donors (Lipinski definition) is 2. The number of carbonyl (C=O) groups is 4. The van der Waals surface area contributed by atoms with Crippen LogP contribution in [0.2, 0.25) is 0 Å². The van der Waals surface area contributed by atoms with Crippen LogP contribution in [0.5, 0.6) is 11.5 Å². The molecule has 0 heterocycles. The smallest absolute Gasteiger partial charge is 0.480 e. The molecular formula is C27H41NO9. The molecule has 0 bridgehead atoms. The summed E-state index contributed by atoms with van der Waals surface area (Å²) in [5.41, 5.74) is 6.49. The molecule has 0 aromatic heterocycles. The maximum Gasteiger partial charge on any atom is 0.508 e. The molecule has 5 atom stereocenters. The molecule has 1 rings (SSSR count). The van der Waals surface area contributed by atoms with Crippen molar-refractivity contribution in [2.45, 2.75) is 104 Å². The SMILES string of the molecule is CCCC(=O)Oc1ccc(C(C(C)C(C)OC(=O)OC(C)CCC)[C@H](N)C(=O)O)cc1OC(=O)CCC. The van der Waals surface area contributed by atoms with Gasteiger partial charge in [0.15, 0.2) is 11.5 Å². The van der Waals surface area contributed by atoms with E-state index in [1.807, 2.05) is 20.8 Å². The van der Waals surface area contributed by atoms with Crippen molar-refractivity contribution in [2.75, 3.05) is 0 Å². The Balaban J connectivity index is 3.34. The Hall–Kier alpha value is -3.14. The predicted molar refractivity (Wildman–Crippen MR) is 136 cm³/mol. The minimum Gasteiger partial charge on any atom is -0.480 e. The van der Waals surface area contributed by atoms with E-state index < -0.39 is 48.0 Å². The van der Waals surface area contributed by atoms with Gasteiger partial charge in [-0.15, -0.1) is 0 Å². The first-order chi connectivity index (χ1) is 17.4. The Morgan fingerprint density at radius 2 is 1.43 bits per heavy atom. The normalized spacial score (nSPS) is 15.0. The van der Waals surface area contributed by atoms with Crippen LogP contribution < -0.4 is 15.2 Å². The highest BCUT2D eigenvalue weighted by atomic mass is 16.7. The molecule has 3 N–H and O–H groups in total. The highest BCUT2D eigenvalue weighted by Gasteiger charge is 2.36. The second-order valence-electron chi connectivity index (χ2n) is 9.19. The zero-order valence-corrected chi connectivity index (χ0v) is 22.7. The third-order valence-electron chi connectivity index (χ3n) is 5.96. The number of carboxylic acids is 1. The van der Waals surface area contributed by atoms with Gasteiger partial charge in [-0.05, 0) is 50.8 Å². The fraction of sp³-hybridized carbons (Fsp3) is 0.630. The van der Waals surface area contributed by atoms with E-state index in [0.29, 0.717) is 24.8 Å². The predicted octanol–water partition coefficient (Wildman–Crippen LogP) is 4.96. The number of carbonyl (C=O) groups excluding carboxylic acids is 3. The molecule has 0 aliphatic heterocycles. The van der Waals surface area contributed by atoms with Crippen LogP contribution in [0.3, 0.4) is 0 Å². The third-order valence-corrected chi connectivity index (χ3v) is 5.96. The summed E-state index contributed by atoms with van der Waals surface area (Å²) in [5, 5.41) is 9.71. The molecule has 37 heavy (non-hydrogen) atoms. The van der Waals surface area contributed by atoms with E-state index >= 15 is 0 Å². The van der Waals surface area contributed by atoms with Crippen molar-refractivity contribution in [3.05, 3.63) is 23.8 Å². The molecule has 4 unspecified atom stereocenters. The van der Waals surface area contributed by atoms with E-state index in [9.17, 15) is 24.3 Å². The first-order valence-corrected chi connectivity index (χ1v) is 12.9. The summed E-state index contributed by atoms with van der Waals surface area (Å²) in [7, 11) is 0. The standard InChI is InChI=1S/C27H41NO9/c1-7-10-16(4)34-27(33)35-18(6)17(5)24(25(28)26(31)32)19-13-14-20(36-22(29)11-8-2)21(15-19)37-23(30)12-9-3/h13-18,24-25H,7-12,28H2,1-6H3,(H,31,32)/t16?,17?,18?,24?,25-/m0/s1. The van der Waals surface area contributed by atoms with Gasteiger partial charge in [-0.2, -0.15) is 0 Å². The van der Waals surface area contributed by atoms with Gasteiger partial charge in [-0.1, -0.05) is 40.2 Å². The van der Waals surface area contributed by atoms with Crippen LogP contribution in [0.15, 0.2) is 18.2 Å². The second-order valence-corrected chi connectivity index (χ2v) is 9.19. The molecule has 10 heteroatoms. The van der Waals surface area contributed by atoms with Crippen molar-refractivity contribution >= 4 is 24.1 Å². The minimum atomic E-state index is -1.37. The molecule has 1 aromatic carbocycles. The quantitative estimate of drug-likeness (QED) is 0.238. The topological polar surface area (TPSA) is 151 Å². The Morgan fingerprint density at radius 1 is 0.865 bits per heavy atom. The fourth-order valence-electron chi connectivity index (χ4n) is 3.85. The number of ether oxygens (including phenoxy) is 4. The van der Waals surface area contributed by atoms with Gasteiger partial charge in [0.2, 0.25) is 0 Å². The molecule has 0 aliphatic rings. The van der Waals surface area contributed by atoms with Gasteiger partial charge in [0.05, 0.1) is 0 Å². The average molecular weight is 524 g/mol. The summed E-state index contributed by atoms with van der Waals surface area (Å²) < 4.78 is 21.5. The molecule has 0 saturated carbocycles. The maximum absolute atomic E-state index is 12.2.